The summed E-state index contributed by atoms with van der Waals surface area (Å²) in [5, 5.41) is 3.24. The molecule has 0 radical (unpaired) electrons. The van der Waals surface area contributed by atoms with E-state index in [9.17, 15) is 0 Å². The van der Waals surface area contributed by atoms with Gasteiger partial charge >= 0.3 is 0 Å². The van der Waals surface area contributed by atoms with Crippen molar-refractivity contribution in [2.24, 2.45) is 5.73 Å². The third kappa shape index (κ3) is 9.88. The molecule has 0 aliphatic heterocycles. The molecule has 3 N–H and O–H groups in total. The van der Waals surface area contributed by atoms with E-state index in [4.69, 9.17) is 10.5 Å². The lowest BCUT2D eigenvalue weighted by atomic mass is 10.0. The molecule has 0 aromatic carbocycles. The van der Waals surface area contributed by atoms with E-state index in [-0.39, 0.29) is 5.54 Å². The van der Waals surface area contributed by atoms with Crippen molar-refractivity contribution < 1.29 is 4.74 Å². The Balaban J connectivity index is 3.02. The van der Waals surface area contributed by atoms with Crippen molar-refractivity contribution in [3.05, 3.63) is 0 Å². The molecule has 0 fully saturated rings. The number of rotatable bonds is 6. The van der Waals surface area contributed by atoms with Gasteiger partial charge in [0.2, 0.25) is 0 Å². The zero-order valence-corrected chi connectivity index (χ0v) is 7.81. The Morgan fingerprint density at radius 1 is 1.36 bits per heavy atom. The van der Waals surface area contributed by atoms with Crippen LogP contribution in [0.2, 0.25) is 0 Å². The highest BCUT2D eigenvalue weighted by molar-refractivity contribution is 4.72. The molecule has 0 spiro atoms. The van der Waals surface area contributed by atoms with Crippen molar-refractivity contribution in [3.8, 4) is 0 Å². The summed E-state index contributed by atoms with van der Waals surface area (Å²) < 4.78 is 4.88. The molecular weight excluding hydrogens is 140 g/mol. The summed E-state index contributed by atoms with van der Waals surface area (Å²) in [4.78, 5) is 0. The molecule has 0 unspecified atom stereocenters. The van der Waals surface area contributed by atoms with Crippen molar-refractivity contribution in [3.63, 3.8) is 0 Å². The first-order chi connectivity index (χ1) is 5.06. The van der Waals surface area contributed by atoms with Gasteiger partial charge in [-0.2, -0.15) is 0 Å². The summed E-state index contributed by atoms with van der Waals surface area (Å²) in [5.74, 6) is 0. The molecule has 3 heteroatoms. The van der Waals surface area contributed by atoms with Crippen LogP contribution >= 0.6 is 0 Å². The molecule has 11 heavy (non-hydrogen) atoms. The van der Waals surface area contributed by atoms with Crippen LogP contribution in [0.1, 0.15) is 20.3 Å². The molecule has 0 heterocycles. The van der Waals surface area contributed by atoms with Gasteiger partial charge in [-0.05, 0) is 26.8 Å². The summed E-state index contributed by atoms with van der Waals surface area (Å²) in [6.45, 7) is 6.71. The fourth-order valence-electron chi connectivity index (χ4n) is 0.710. The fraction of sp³-hybridized carbons (Fsp3) is 1.00. The molecule has 0 bridgehead atoms. The second kappa shape index (κ2) is 5.52. The first kappa shape index (κ1) is 10.9. The highest BCUT2D eigenvalue weighted by Crippen LogP contribution is 2.00. The highest BCUT2D eigenvalue weighted by Gasteiger charge is 2.08. The highest BCUT2D eigenvalue weighted by atomic mass is 16.5. The van der Waals surface area contributed by atoms with Gasteiger partial charge in [0, 0.05) is 19.2 Å². The molecule has 68 valence electrons. The maximum absolute atomic E-state index is 5.78. The number of hydrogen-bond acceptors (Lipinski definition) is 3. The third-order valence-electron chi connectivity index (χ3n) is 1.43. The van der Waals surface area contributed by atoms with Crippen LogP contribution in [0.4, 0.5) is 0 Å². The lowest BCUT2D eigenvalue weighted by Gasteiger charge is -2.18. The van der Waals surface area contributed by atoms with Crippen molar-refractivity contribution in [2.45, 2.75) is 25.8 Å². The second-order valence-electron chi connectivity index (χ2n) is 3.48. The van der Waals surface area contributed by atoms with Gasteiger partial charge < -0.3 is 15.8 Å². The SMILES string of the molecule is COCCNCCC(C)(C)N. The molecule has 3 nitrogen and oxygen atoms in total. The van der Waals surface area contributed by atoms with Crippen molar-refractivity contribution in [1.82, 2.24) is 5.32 Å². The molecule has 0 aromatic rings. The van der Waals surface area contributed by atoms with E-state index in [1.165, 1.54) is 0 Å². The Bertz CT molecular complexity index is 88.6. The maximum atomic E-state index is 5.78. The average molecular weight is 160 g/mol. The van der Waals surface area contributed by atoms with E-state index in [1.54, 1.807) is 7.11 Å². The van der Waals surface area contributed by atoms with Crippen LogP contribution in [-0.4, -0.2) is 32.3 Å². The van der Waals surface area contributed by atoms with Crippen LogP contribution in [0.25, 0.3) is 0 Å². The van der Waals surface area contributed by atoms with Gasteiger partial charge in [0.1, 0.15) is 0 Å². The van der Waals surface area contributed by atoms with Gasteiger partial charge in [-0.3, -0.25) is 0 Å². The summed E-state index contributed by atoms with van der Waals surface area (Å²) in [6.07, 6.45) is 0.997. The molecule has 0 saturated carbocycles. The Hall–Kier alpha value is -0.120. The molecule has 0 atom stereocenters. The number of ether oxygens (including phenoxy) is 1. The predicted molar refractivity (Wildman–Crippen MR) is 47.6 cm³/mol. The van der Waals surface area contributed by atoms with Gasteiger partial charge in [-0.15, -0.1) is 0 Å². The first-order valence-electron chi connectivity index (χ1n) is 4.05. The Labute approximate surface area is 69.3 Å². The fourth-order valence-corrected chi connectivity index (χ4v) is 0.710. The van der Waals surface area contributed by atoms with Crippen LogP contribution in [0.3, 0.4) is 0 Å². The van der Waals surface area contributed by atoms with Crippen molar-refractivity contribution in [1.29, 1.82) is 0 Å². The van der Waals surface area contributed by atoms with E-state index in [2.05, 4.69) is 5.32 Å². The van der Waals surface area contributed by atoms with Gasteiger partial charge in [-0.1, -0.05) is 0 Å². The molecule has 0 aromatic heterocycles. The van der Waals surface area contributed by atoms with E-state index in [0.717, 1.165) is 26.1 Å². The Morgan fingerprint density at radius 2 is 2.00 bits per heavy atom. The number of hydrogen-bond donors (Lipinski definition) is 2. The summed E-state index contributed by atoms with van der Waals surface area (Å²) in [5.41, 5.74) is 5.72. The van der Waals surface area contributed by atoms with Crippen LogP contribution in [-0.2, 0) is 4.74 Å². The largest absolute Gasteiger partial charge is 0.383 e. The summed E-state index contributed by atoms with van der Waals surface area (Å²) in [7, 11) is 1.70. The zero-order valence-electron chi connectivity index (χ0n) is 7.81. The minimum atomic E-state index is -0.0555. The zero-order chi connectivity index (χ0) is 8.74. The number of nitrogens with one attached hydrogen (secondary N) is 1. The molecule has 0 amide bonds. The van der Waals surface area contributed by atoms with Gasteiger partial charge in [0.25, 0.3) is 0 Å². The quantitative estimate of drug-likeness (QED) is 0.551. The van der Waals surface area contributed by atoms with Gasteiger partial charge in [0.05, 0.1) is 6.61 Å². The van der Waals surface area contributed by atoms with Crippen LogP contribution in [0.15, 0.2) is 0 Å². The van der Waals surface area contributed by atoms with E-state index in [0.29, 0.717) is 0 Å². The average Bonchev–Trinajstić information content (AvgIpc) is 1.85. The Morgan fingerprint density at radius 3 is 2.45 bits per heavy atom. The number of nitrogens with two attached hydrogens (primary N) is 1. The Kier molecular flexibility index (Phi) is 5.46. The molecular formula is C8H20N2O. The lowest BCUT2D eigenvalue weighted by Crippen LogP contribution is -2.36. The lowest BCUT2D eigenvalue weighted by molar-refractivity contribution is 0.198. The number of methoxy groups -OCH3 is 1. The van der Waals surface area contributed by atoms with Gasteiger partial charge in [-0.25, -0.2) is 0 Å². The van der Waals surface area contributed by atoms with E-state index < -0.39 is 0 Å². The van der Waals surface area contributed by atoms with Crippen molar-refractivity contribution >= 4 is 0 Å². The van der Waals surface area contributed by atoms with Crippen LogP contribution in [0, 0.1) is 0 Å². The van der Waals surface area contributed by atoms with Crippen molar-refractivity contribution in [2.75, 3.05) is 26.8 Å². The maximum Gasteiger partial charge on any atom is 0.0587 e. The standard InChI is InChI=1S/C8H20N2O/c1-8(2,9)4-5-10-6-7-11-3/h10H,4-7,9H2,1-3H3. The monoisotopic (exact) mass is 160 g/mol. The molecule has 0 saturated heterocycles. The molecule has 0 rings (SSSR count). The third-order valence-corrected chi connectivity index (χ3v) is 1.43. The van der Waals surface area contributed by atoms with Gasteiger partial charge in [0.15, 0.2) is 0 Å². The van der Waals surface area contributed by atoms with E-state index >= 15 is 0 Å². The molecule has 0 aliphatic rings. The predicted octanol–water partition coefficient (Wildman–Crippen LogP) is 0.350. The van der Waals surface area contributed by atoms with E-state index in [1.807, 2.05) is 13.8 Å². The topological polar surface area (TPSA) is 47.3 Å². The summed E-state index contributed by atoms with van der Waals surface area (Å²) >= 11 is 0. The van der Waals surface area contributed by atoms with Crippen LogP contribution < -0.4 is 11.1 Å². The minimum absolute atomic E-state index is 0.0555. The minimum Gasteiger partial charge on any atom is -0.383 e. The summed E-state index contributed by atoms with van der Waals surface area (Å²) in [6, 6.07) is 0. The first-order valence-corrected chi connectivity index (χ1v) is 4.05. The smallest absolute Gasteiger partial charge is 0.0587 e. The molecule has 0 aliphatic carbocycles. The normalized spacial score (nSPS) is 12.0. The van der Waals surface area contributed by atoms with Crippen LogP contribution in [0.5, 0.6) is 0 Å². The second-order valence-corrected chi connectivity index (χ2v) is 3.48.